The number of imide groups is 1. The number of nitrogens with zero attached hydrogens (tertiary/aromatic N) is 1. The highest BCUT2D eigenvalue weighted by Gasteiger charge is 2.35. The van der Waals surface area contributed by atoms with E-state index in [1.165, 1.54) is 115 Å². The first-order valence-electron chi connectivity index (χ1n) is 14.6. The predicted octanol–water partition coefficient (Wildman–Crippen LogP) is 9.29. The Kier molecular flexibility index (Phi) is 18.4. The van der Waals surface area contributed by atoms with E-state index in [9.17, 15) is 9.59 Å². The monoisotopic (exact) mass is 461 g/mol. The van der Waals surface area contributed by atoms with Gasteiger partial charge in [-0.15, -0.1) is 0 Å². The lowest BCUT2D eigenvalue weighted by Gasteiger charge is -2.27. The first-order chi connectivity index (χ1) is 16.1. The molecule has 0 aromatic rings. The summed E-state index contributed by atoms with van der Waals surface area (Å²) < 4.78 is 0. The van der Waals surface area contributed by atoms with Gasteiger partial charge in [0.25, 0.3) is 0 Å². The van der Waals surface area contributed by atoms with Crippen molar-refractivity contribution in [2.24, 2.45) is 0 Å². The van der Waals surface area contributed by atoms with Gasteiger partial charge in [0.1, 0.15) is 0 Å². The van der Waals surface area contributed by atoms with Crippen LogP contribution in [0.4, 0.5) is 0 Å². The van der Waals surface area contributed by atoms with Crippen LogP contribution in [0.3, 0.4) is 0 Å². The van der Waals surface area contributed by atoms with Crippen LogP contribution in [0.5, 0.6) is 0 Å². The fourth-order valence-corrected chi connectivity index (χ4v) is 5.20. The largest absolute Gasteiger partial charge is 0.275 e. The molecule has 1 aliphatic heterocycles. The zero-order valence-corrected chi connectivity index (χ0v) is 22.5. The number of carbonyl (C=O) groups excluding carboxylic acids is 2. The topological polar surface area (TPSA) is 37.4 Å². The molecule has 0 aromatic carbocycles. The van der Waals surface area contributed by atoms with Crippen molar-refractivity contribution in [3.63, 3.8) is 0 Å². The highest BCUT2D eigenvalue weighted by atomic mass is 16.2. The van der Waals surface area contributed by atoms with Gasteiger partial charge in [0.05, 0.1) is 6.04 Å². The predicted molar refractivity (Wildman–Crippen MR) is 142 cm³/mol. The second-order valence-corrected chi connectivity index (χ2v) is 10.3. The maximum absolute atomic E-state index is 12.2. The van der Waals surface area contributed by atoms with Gasteiger partial charge in [-0.2, -0.15) is 0 Å². The Morgan fingerprint density at radius 3 is 1.39 bits per heavy atom. The Labute approximate surface area is 206 Å². The standard InChI is InChI=1S/C30H55NO2/c1-4-6-7-8-9-10-11-12-13-14-15-16-17-18-19-20-21-22-24-28(27(3)23-5-2)31-29(32)25-26-30(31)33/h23,28H,4-22,24-26H2,1-3H3. The van der Waals surface area contributed by atoms with Crippen LogP contribution < -0.4 is 0 Å². The van der Waals surface area contributed by atoms with Crippen LogP contribution in [-0.2, 0) is 9.59 Å². The highest BCUT2D eigenvalue weighted by Crippen LogP contribution is 2.25. The van der Waals surface area contributed by atoms with Crippen molar-refractivity contribution < 1.29 is 9.59 Å². The molecule has 1 fully saturated rings. The van der Waals surface area contributed by atoms with Gasteiger partial charge >= 0.3 is 0 Å². The lowest BCUT2D eigenvalue weighted by atomic mass is 9.98. The Morgan fingerprint density at radius 2 is 1.03 bits per heavy atom. The first kappa shape index (κ1) is 29.9. The zero-order valence-electron chi connectivity index (χ0n) is 22.5. The summed E-state index contributed by atoms with van der Waals surface area (Å²) in [7, 11) is 0. The number of unbranched alkanes of at least 4 members (excludes halogenated alkanes) is 17. The van der Waals surface area contributed by atoms with E-state index in [0.29, 0.717) is 12.8 Å². The van der Waals surface area contributed by atoms with Crippen molar-refractivity contribution in [3.8, 4) is 0 Å². The van der Waals surface area contributed by atoms with Gasteiger partial charge < -0.3 is 0 Å². The maximum Gasteiger partial charge on any atom is 0.230 e. The van der Waals surface area contributed by atoms with E-state index < -0.39 is 0 Å². The molecule has 2 amide bonds. The number of amides is 2. The number of rotatable bonds is 22. The lowest BCUT2D eigenvalue weighted by molar-refractivity contribution is -0.140. The molecule has 0 saturated carbocycles. The summed E-state index contributed by atoms with van der Waals surface area (Å²) in [4.78, 5) is 26.0. The quantitative estimate of drug-likeness (QED) is 0.0914. The summed E-state index contributed by atoms with van der Waals surface area (Å²) in [6.45, 7) is 6.49. The van der Waals surface area contributed by atoms with Crippen molar-refractivity contribution in [1.82, 2.24) is 4.90 Å². The zero-order chi connectivity index (χ0) is 24.2. The van der Waals surface area contributed by atoms with Crippen LogP contribution in [0.25, 0.3) is 0 Å². The van der Waals surface area contributed by atoms with E-state index in [2.05, 4.69) is 26.8 Å². The molecular formula is C30H55NO2. The number of allylic oxidation sites excluding steroid dienone is 1. The van der Waals surface area contributed by atoms with Crippen LogP contribution in [-0.4, -0.2) is 22.8 Å². The number of hydrogen-bond acceptors (Lipinski definition) is 2. The van der Waals surface area contributed by atoms with Crippen LogP contribution in [0, 0.1) is 0 Å². The van der Waals surface area contributed by atoms with E-state index in [0.717, 1.165) is 19.3 Å². The fourth-order valence-electron chi connectivity index (χ4n) is 5.20. The molecule has 0 aliphatic carbocycles. The lowest BCUT2D eigenvalue weighted by Crippen LogP contribution is -2.40. The molecule has 1 heterocycles. The van der Waals surface area contributed by atoms with Crippen molar-refractivity contribution in [3.05, 3.63) is 11.6 Å². The van der Waals surface area contributed by atoms with Gasteiger partial charge in [-0.3, -0.25) is 14.5 Å². The summed E-state index contributed by atoms with van der Waals surface area (Å²) in [6, 6.07) is -0.00601. The van der Waals surface area contributed by atoms with Gasteiger partial charge in [0.2, 0.25) is 11.8 Å². The third kappa shape index (κ3) is 14.0. The van der Waals surface area contributed by atoms with Gasteiger partial charge in [0, 0.05) is 12.8 Å². The van der Waals surface area contributed by atoms with Crippen molar-refractivity contribution in [2.45, 2.75) is 168 Å². The van der Waals surface area contributed by atoms with E-state index in [1.807, 2.05) is 0 Å². The van der Waals surface area contributed by atoms with Gasteiger partial charge in [-0.05, 0) is 19.8 Å². The summed E-state index contributed by atoms with van der Waals surface area (Å²) in [5.41, 5.74) is 1.19. The molecule has 1 aliphatic rings. The molecule has 1 atom stereocenters. The molecule has 192 valence electrons. The Bertz CT molecular complexity index is 523. The van der Waals surface area contributed by atoms with Crippen molar-refractivity contribution in [2.75, 3.05) is 0 Å². The van der Waals surface area contributed by atoms with Gasteiger partial charge in [-0.1, -0.05) is 141 Å². The second kappa shape index (κ2) is 20.3. The SMILES string of the molecule is CCC=C(C)C(CCCCCCCCCCCCCCCCCCCC)N1C(=O)CCC1=O. The molecule has 3 nitrogen and oxygen atoms in total. The van der Waals surface area contributed by atoms with Crippen LogP contribution >= 0.6 is 0 Å². The Balaban J connectivity index is 1.97. The fraction of sp³-hybridized carbons (Fsp3) is 0.867. The van der Waals surface area contributed by atoms with Crippen molar-refractivity contribution >= 4 is 11.8 Å². The number of hydrogen-bond donors (Lipinski definition) is 0. The normalized spacial score (nSPS) is 15.6. The molecule has 33 heavy (non-hydrogen) atoms. The smallest absolute Gasteiger partial charge is 0.230 e. The summed E-state index contributed by atoms with van der Waals surface area (Å²) in [5.74, 6) is 0.0486. The minimum Gasteiger partial charge on any atom is -0.275 e. The molecule has 3 heteroatoms. The van der Waals surface area contributed by atoms with E-state index >= 15 is 0 Å². The highest BCUT2D eigenvalue weighted by molar-refractivity contribution is 6.02. The third-order valence-electron chi connectivity index (χ3n) is 7.28. The number of likely N-dealkylation sites (tertiary alicyclic amines) is 1. The van der Waals surface area contributed by atoms with E-state index in [1.54, 1.807) is 4.90 Å². The van der Waals surface area contributed by atoms with E-state index in [-0.39, 0.29) is 17.9 Å². The van der Waals surface area contributed by atoms with Crippen LogP contribution in [0.2, 0.25) is 0 Å². The molecule has 0 N–H and O–H groups in total. The van der Waals surface area contributed by atoms with Gasteiger partial charge in [0.15, 0.2) is 0 Å². The van der Waals surface area contributed by atoms with Crippen molar-refractivity contribution in [1.29, 1.82) is 0 Å². The number of carbonyl (C=O) groups is 2. The molecular weight excluding hydrogens is 406 g/mol. The maximum atomic E-state index is 12.2. The average molecular weight is 462 g/mol. The minimum atomic E-state index is -0.00601. The summed E-state index contributed by atoms with van der Waals surface area (Å²) >= 11 is 0. The molecule has 0 aromatic heterocycles. The summed E-state index contributed by atoms with van der Waals surface area (Å²) in [6.07, 6.45) is 29.6. The molecule has 1 unspecified atom stereocenters. The average Bonchev–Trinajstić information content (AvgIpc) is 3.13. The van der Waals surface area contributed by atoms with E-state index in [4.69, 9.17) is 0 Å². The van der Waals surface area contributed by atoms with Crippen LogP contribution in [0.15, 0.2) is 11.6 Å². The third-order valence-corrected chi connectivity index (χ3v) is 7.28. The summed E-state index contributed by atoms with van der Waals surface area (Å²) in [5, 5.41) is 0. The second-order valence-electron chi connectivity index (χ2n) is 10.3. The molecule has 1 saturated heterocycles. The Hall–Kier alpha value is -1.12. The molecule has 0 spiro atoms. The molecule has 1 rings (SSSR count). The van der Waals surface area contributed by atoms with Crippen LogP contribution in [0.1, 0.15) is 162 Å². The minimum absolute atomic E-state index is 0.00601. The molecule has 0 bridgehead atoms. The first-order valence-corrected chi connectivity index (χ1v) is 14.6. The molecule has 0 radical (unpaired) electrons. The van der Waals surface area contributed by atoms with Gasteiger partial charge in [-0.25, -0.2) is 0 Å². The Morgan fingerprint density at radius 1 is 0.667 bits per heavy atom.